The van der Waals surface area contributed by atoms with Gasteiger partial charge in [0.15, 0.2) is 17.5 Å². The molecule has 5 nitrogen and oxygen atoms in total. The second kappa shape index (κ2) is 9.40. The molecule has 1 aromatic rings. The summed E-state index contributed by atoms with van der Waals surface area (Å²) in [6.45, 7) is 9.60. The molecule has 1 atom stereocenters. The van der Waals surface area contributed by atoms with Gasteiger partial charge >= 0.3 is 0 Å². The molecule has 0 amide bonds. The normalized spacial score (nSPS) is 13.4. The number of nitrogens with one attached hydrogen (secondary N) is 2. The highest BCUT2D eigenvalue weighted by molar-refractivity contribution is 5.80. The van der Waals surface area contributed by atoms with Crippen LogP contribution in [-0.4, -0.2) is 33.3 Å². The summed E-state index contributed by atoms with van der Waals surface area (Å²) < 4.78 is 10.8. The van der Waals surface area contributed by atoms with E-state index >= 15 is 0 Å². The van der Waals surface area contributed by atoms with E-state index in [1.54, 1.807) is 21.3 Å². The number of rotatable bonds is 7. The van der Waals surface area contributed by atoms with Gasteiger partial charge in [-0.2, -0.15) is 0 Å². The van der Waals surface area contributed by atoms with Crippen molar-refractivity contribution < 1.29 is 9.47 Å². The van der Waals surface area contributed by atoms with Gasteiger partial charge in [-0.3, -0.25) is 4.99 Å². The predicted molar refractivity (Wildman–Crippen MR) is 101 cm³/mol. The van der Waals surface area contributed by atoms with Crippen molar-refractivity contribution in [2.75, 3.05) is 21.3 Å². The number of nitrogens with zero attached hydrogens (tertiary/aromatic N) is 1. The Morgan fingerprint density at radius 2 is 1.92 bits per heavy atom. The van der Waals surface area contributed by atoms with Crippen molar-refractivity contribution in [3.63, 3.8) is 0 Å². The van der Waals surface area contributed by atoms with E-state index in [0.29, 0.717) is 18.0 Å². The molecule has 0 heterocycles. The van der Waals surface area contributed by atoms with Gasteiger partial charge in [0.25, 0.3) is 0 Å². The first-order valence-corrected chi connectivity index (χ1v) is 8.47. The van der Waals surface area contributed by atoms with Gasteiger partial charge in [0.2, 0.25) is 0 Å². The highest BCUT2D eigenvalue weighted by Gasteiger charge is 2.14. The minimum Gasteiger partial charge on any atom is -0.493 e. The smallest absolute Gasteiger partial charge is 0.191 e. The quantitative estimate of drug-likeness (QED) is 0.591. The summed E-state index contributed by atoms with van der Waals surface area (Å²) in [7, 11) is 5.09. The van der Waals surface area contributed by atoms with Crippen LogP contribution in [-0.2, 0) is 6.54 Å². The predicted octanol–water partition coefficient (Wildman–Crippen LogP) is 3.58. The van der Waals surface area contributed by atoms with Crippen LogP contribution >= 0.6 is 0 Å². The van der Waals surface area contributed by atoms with Gasteiger partial charge in [0.1, 0.15) is 0 Å². The molecule has 0 radical (unpaired) electrons. The molecule has 0 saturated carbocycles. The molecule has 0 aromatic heterocycles. The molecule has 0 aliphatic rings. The van der Waals surface area contributed by atoms with E-state index in [2.05, 4.69) is 43.3 Å². The molecule has 2 N–H and O–H groups in total. The first kappa shape index (κ1) is 20.1. The maximum Gasteiger partial charge on any atom is 0.191 e. The average molecular weight is 335 g/mol. The van der Waals surface area contributed by atoms with Gasteiger partial charge < -0.3 is 20.1 Å². The fourth-order valence-corrected chi connectivity index (χ4v) is 2.42. The lowest BCUT2D eigenvalue weighted by molar-refractivity contribution is 0.345. The minimum absolute atomic E-state index is 0.348. The molecule has 0 spiro atoms. The second-order valence-electron chi connectivity index (χ2n) is 7.22. The minimum atomic E-state index is 0.348. The molecular weight excluding hydrogens is 302 g/mol. The van der Waals surface area contributed by atoms with Gasteiger partial charge in [0, 0.05) is 25.2 Å². The van der Waals surface area contributed by atoms with Gasteiger partial charge in [0.05, 0.1) is 14.2 Å². The Kier molecular flexibility index (Phi) is 7.89. The molecule has 0 aliphatic carbocycles. The zero-order valence-corrected chi connectivity index (χ0v) is 16.2. The van der Waals surface area contributed by atoms with E-state index in [0.717, 1.165) is 29.4 Å². The Morgan fingerprint density at radius 3 is 2.46 bits per heavy atom. The summed E-state index contributed by atoms with van der Waals surface area (Å²) in [6.07, 6.45) is 2.27. The van der Waals surface area contributed by atoms with Crippen molar-refractivity contribution >= 4 is 5.96 Å². The topological polar surface area (TPSA) is 54.9 Å². The van der Waals surface area contributed by atoms with E-state index in [9.17, 15) is 0 Å². The second-order valence-corrected chi connectivity index (χ2v) is 7.22. The summed E-state index contributed by atoms with van der Waals surface area (Å²) in [5.74, 6) is 2.28. The molecule has 0 saturated heterocycles. The van der Waals surface area contributed by atoms with Gasteiger partial charge in [-0.25, -0.2) is 0 Å². The Morgan fingerprint density at radius 1 is 1.21 bits per heavy atom. The fourth-order valence-electron chi connectivity index (χ4n) is 2.42. The van der Waals surface area contributed by atoms with Crippen molar-refractivity contribution in [3.05, 3.63) is 23.8 Å². The molecule has 5 heteroatoms. The van der Waals surface area contributed by atoms with Crippen molar-refractivity contribution in [1.29, 1.82) is 0 Å². The molecule has 0 bridgehead atoms. The summed E-state index contributed by atoms with van der Waals surface area (Å²) in [5, 5.41) is 6.79. The average Bonchev–Trinajstić information content (AvgIpc) is 2.55. The summed E-state index contributed by atoms with van der Waals surface area (Å²) in [4.78, 5) is 4.31. The van der Waals surface area contributed by atoms with Crippen LogP contribution in [0.5, 0.6) is 11.5 Å². The van der Waals surface area contributed by atoms with E-state index < -0.39 is 0 Å². The number of para-hydroxylation sites is 1. The third-order valence-electron chi connectivity index (χ3n) is 3.86. The maximum absolute atomic E-state index is 5.47. The zero-order valence-electron chi connectivity index (χ0n) is 16.2. The Balaban J connectivity index is 2.62. The number of hydrogen-bond acceptors (Lipinski definition) is 3. The zero-order chi connectivity index (χ0) is 18.2. The first-order valence-electron chi connectivity index (χ1n) is 8.47. The van der Waals surface area contributed by atoms with Crippen LogP contribution in [0.25, 0.3) is 0 Å². The SMILES string of the molecule is CN=C(NCc1cccc(OC)c1OC)NC(C)CCC(C)(C)C. The number of guanidine groups is 1. The van der Waals surface area contributed by atoms with Crippen LogP contribution in [0.3, 0.4) is 0 Å². The maximum atomic E-state index is 5.47. The summed E-state index contributed by atoms with van der Waals surface area (Å²) in [6, 6.07) is 6.23. The van der Waals surface area contributed by atoms with Crippen molar-refractivity contribution in [1.82, 2.24) is 10.6 Å². The summed E-state index contributed by atoms with van der Waals surface area (Å²) in [5.41, 5.74) is 1.38. The largest absolute Gasteiger partial charge is 0.493 e. The number of benzene rings is 1. The summed E-state index contributed by atoms with van der Waals surface area (Å²) >= 11 is 0. The first-order chi connectivity index (χ1) is 11.3. The van der Waals surface area contributed by atoms with Crippen LogP contribution in [0.2, 0.25) is 0 Å². The number of ether oxygens (including phenoxy) is 2. The van der Waals surface area contributed by atoms with E-state index in [1.165, 1.54) is 6.42 Å². The number of aliphatic imine (C=N–C) groups is 1. The molecule has 0 aliphatic heterocycles. The van der Waals surface area contributed by atoms with E-state index in [4.69, 9.17) is 9.47 Å². The molecule has 1 aromatic carbocycles. The fraction of sp³-hybridized carbons (Fsp3) is 0.632. The lowest BCUT2D eigenvalue weighted by Gasteiger charge is -2.23. The molecule has 0 fully saturated rings. The van der Waals surface area contributed by atoms with Crippen molar-refractivity contribution in [2.45, 2.75) is 53.1 Å². The molecule has 24 heavy (non-hydrogen) atoms. The monoisotopic (exact) mass is 335 g/mol. The Bertz CT molecular complexity index is 536. The third kappa shape index (κ3) is 6.69. The standard InChI is InChI=1S/C19H33N3O2/c1-14(11-12-19(2,3)4)22-18(20-5)21-13-15-9-8-10-16(23-6)17(15)24-7/h8-10,14H,11-13H2,1-7H3,(H2,20,21,22). The molecular formula is C19H33N3O2. The highest BCUT2D eigenvalue weighted by Crippen LogP contribution is 2.30. The van der Waals surface area contributed by atoms with Crippen molar-refractivity contribution in [2.24, 2.45) is 10.4 Å². The van der Waals surface area contributed by atoms with Gasteiger partial charge in [-0.05, 0) is 31.2 Å². The van der Waals surface area contributed by atoms with Crippen LogP contribution in [0.1, 0.15) is 46.1 Å². The highest BCUT2D eigenvalue weighted by atomic mass is 16.5. The van der Waals surface area contributed by atoms with Crippen LogP contribution in [0.4, 0.5) is 0 Å². The van der Waals surface area contributed by atoms with Crippen LogP contribution in [0.15, 0.2) is 23.2 Å². The van der Waals surface area contributed by atoms with E-state index in [-0.39, 0.29) is 0 Å². The Labute approximate surface area is 146 Å². The van der Waals surface area contributed by atoms with Crippen LogP contribution < -0.4 is 20.1 Å². The van der Waals surface area contributed by atoms with Crippen molar-refractivity contribution in [3.8, 4) is 11.5 Å². The number of hydrogen-bond donors (Lipinski definition) is 2. The molecule has 136 valence electrons. The van der Waals surface area contributed by atoms with E-state index in [1.807, 2.05) is 18.2 Å². The molecule has 1 rings (SSSR count). The van der Waals surface area contributed by atoms with Gasteiger partial charge in [-0.15, -0.1) is 0 Å². The van der Waals surface area contributed by atoms with Gasteiger partial charge in [-0.1, -0.05) is 32.9 Å². The third-order valence-corrected chi connectivity index (χ3v) is 3.86. The lowest BCUT2D eigenvalue weighted by Crippen LogP contribution is -2.42. The lowest BCUT2D eigenvalue weighted by atomic mass is 9.89. The molecule has 1 unspecified atom stereocenters. The number of methoxy groups -OCH3 is 2. The van der Waals surface area contributed by atoms with Crippen LogP contribution in [0, 0.1) is 5.41 Å². The Hall–Kier alpha value is -1.91.